The highest BCUT2D eigenvalue weighted by Crippen LogP contribution is 2.20. The molecular weight excluding hydrogens is 192 g/mol. The van der Waals surface area contributed by atoms with E-state index < -0.39 is 0 Å². The number of nitrogens with one attached hydrogen (secondary N) is 1. The van der Waals surface area contributed by atoms with E-state index >= 15 is 0 Å². The van der Waals surface area contributed by atoms with E-state index in [0.29, 0.717) is 6.42 Å². The van der Waals surface area contributed by atoms with E-state index in [4.69, 9.17) is 14.7 Å². The quantitative estimate of drug-likeness (QED) is 0.592. The largest absolute Gasteiger partial charge is 0.469 e. The van der Waals surface area contributed by atoms with Gasteiger partial charge in [0.15, 0.2) is 0 Å². The molecular formula is C11H14N2O2. The number of hydrogen-bond donors (Lipinski definition) is 2. The van der Waals surface area contributed by atoms with Crippen LogP contribution >= 0.6 is 0 Å². The van der Waals surface area contributed by atoms with E-state index in [0.717, 1.165) is 17.3 Å². The SMILES string of the molecule is Cc1ccc(C(Cc2ccco2)NN)o1. The molecule has 0 amide bonds. The molecule has 15 heavy (non-hydrogen) atoms. The maximum absolute atomic E-state index is 5.50. The van der Waals surface area contributed by atoms with Gasteiger partial charge in [0.05, 0.1) is 12.3 Å². The highest BCUT2D eigenvalue weighted by Gasteiger charge is 2.15. The Bertz CT molecular complexity index is 406. The van der Waals surface area contributed by atoms with Gasteiger partial charge >= 0.3 is 0 Å². The maximum atomic E-state index is 5.50. The van der Waals surface area contributed by atoms with Crippen molar-refractivity contribution in [2.24, 2.45) is 5.84 Å². The molecule has 0 bridgehead atoms. The Morgan fingerprint density at radius 3 is 2.80 bits per heavy atom. The number of hydrogen-bond acceptors (Lipinski definition) is 4. The lowest BCUT2D eigenvalue weighted by Gasteiger charge is -2.11. The molecule has 4 nitrogen and oxygen atoms in total. The minimum Gasteiger partial charge on any atom is -0.469 e. The first-order valence-corrected chi connectivity index (χ1v) is 4.84. The molecule has 2 aromatic heterocycles. The number of rotatable bonds is 4. The summed E-state index contributed by atoms with van der Waals surface area (Å²) in [5, 5.41) is 0. The van der Waals surface area contributed by atoms with E-state index in [2.05, 4.69) is 5.43 Å². The topological polar surface area (TPSA) is 64.3 Å². The Kier molecular flexibility index (Phi) is 2.89. The van der Waals surface area contributed by atoms with Gasteiger partial charge in [0, 0.05) is 6.42 Å². The lowest BCUT2D eigenvalue weighted by atomic mass is 10.1. The summed E-state index contributed by atoms with van der Waals surface area (Å²) in [4.78, 5) is 0. The van der Waals surface area contributed by atoms with E-state index in [9.17, 15) is 0 Å². The van der Waals surface area contributed by atoms with Crippen LogP contribution in [0.25, 0.3) is 0 Å². The zero-order valence-electron chi connectivity index (χ0n) is 8.57. The van der Waals surface area contributed by atoms with Crippen molar-refractivity contribution >= 4 is 0 Å². The average molecular weight is 206 g/mol. The van der Waals surface area contributed by atoms with Crippen LogP contribution in [0.5, 0.6) is 0 Å². The third kappa shape index (κ3) is 2.29. The number of aryl methyl sites for hydroxylation is 1. The Morgan fingerprint density at radius 2 is 2.27 bits per heavy atom. The summed E-state index contributed by atoms with van der Waals surface area (Å²) in [7, 11) is 0. The standard InChI is InChI=1S/C11H14N2O2/c1-8-4-5-11(15-8)10(13-12)7-9-3-2-6-14-9/h2-6,10,13H,7,12H2,1H3. The van der Waals surface area contributed by atoms with Crippen molar-refractivity contribution < 1.29 is 8.83 Å². The normalized spacial score (nSPS) is 12.9. The van der Waals surface area contributed by atoms with Gasteiger partial charge in [0.25, 0.3) is 0 Å². The van der Waals surface area contributed by atoms with Crippen molar-refractivity contribution in [2.45, 2.75) is 19.4 Å². The van der Waals surface area contributed by atoms with Gasteiger partial charge in [0.1, 0.15) is 17.3 Å². The average Bonchev–Trinajstić information content (AvgIpc) is 2.85. The number of nitrogens with two attached hydrogens (primary N) is 1. The second-order valence-corrected chi connectivity index (χ2v) is 3.45. The van der Waals surface area contributed by atoms with Crippen LogP contribution in [0.15, 0.2) is 39.4 Å². The highest BCUT2D eigenvalue weighted by atomic mass is 16.3. The second kappa shape index (κ2) is 4.33. The Balaban J connectivity index is 2.11. The number of hydrazine groups is 1. The van der Waals surface area contributed by atoms with Crippen LogP contribution in [0, 0.1) is 6.92 Å². The van der Waals surface area contributed by atoms with Crippen molar-refractivity contribution in [3.63, 3.8) is 0 Å². The zero-order chi connectivity index (χ0) is 10.7. The molecule has 4 heteroatoms. The molecule has 0 aliphatic rings. The molecule has 1 unspecified atom stereocenters. The predicted molar refractivity (Wildman–Crippen MR) is 55.9 cm³/mol. The minimum atomic E-state index is -0.0511. The second-order valence-electron chi connectivity index (χ2n) is 3.45. The van der Waals surface area contributed by atoms with Gasteiger partial charge in [-0.15, -0.1) is 0 Å². The Labute approximate surface area is 88.0 Å². The minimum absolute atomic E-state index is 0.0511. The molecule has 0 radical (unpaired) electrons. The van der Waals surface area contributed by atoms with Crippen LogP contribution in [-0.2, 0) is 6.42 Å². The third-order valence-electron chi connectivity index (χ3n) is 2.29. The molecule has 0 aliphatic heterocycles. The van der Waals surface area contributed by atoms with Gasteiger partial charge in [-0.2, -0.15) is 0 Å². The fraction of sp³-hybridized carbons (Fsp3) is 0.273. The van der Waals surface area contributed by atoms with Gasteiger partial charge in [-0.1, -0.05) is 0 Å². The van der Waals surface area contributed by atoms with Crippen molar-refractivity contribution in [2.75, 3.05) is 0 Å². The molecule has 0 aliphatic carbocycles. The van der Waals surface area contributed by atoms with Gasteiger partial charge in [0.2, 0.25) is 0 Å². The van der Waals surface area contributed by atoms with Crippen LogP contribution in [-0.4, -0.2) is 0 Å². The molecule has 0 saturated heterocycles. The van der Waals surface area contributed by atoms with Crippen LogP contribution in [0.1, 0.15) is 23.3 Å². The monoisotopic (exact) mass is 206 g/mol. The smallest absolute Gasteiger partial charge is 0.122 e. The first kappa shape index (κ1) is 10.0. The Morgan fingerprint density at radius 1 is 1.40 bits per heavy atom. The predicted octanol–water partition coefficient (Wildman–Crippen LogP) is 1.93. The van der Waals surface area contributed by atoms with E-state index in [1.807, 2.05) is 31.2 Å². The molecule has 2 aromatic rings. The molecule has 80 valence electrons. The summed E-state index contributed by atoms with van der Waals surface area (Å²) in [6.07, 6.45) is 2.33. The van der Waals surface area contributed by atoms with E-state index in [1.54, 1.807) is 6.26 Å². The van der Waals surface area contributed by atoms with Crippen molar-refractivity contribution in [1.29, 1.82) is 0 Å². The maximum Gasteiger partial charge on any atom is 0.122 e. The molecule has 1 atom stereocenters. The number of furan rings is 2. The van der Waals surface area contributed by atoms with Crippen molar-refractivity contribution in [3.8, 4) is 0 Å². The summed E-state index contributed by atoms with van der Waals surface area (Å²) in [5.41, 5.74) is 2.72. The molecule has 2 rings (SSSR count). The molecule has 0 saturated carbocycles. The van der Waals surface area contributed by atoms with Crippen molar-refractivity contribution in [3.05, 3.63) is 47.8 Å². The summed E-state index contributed by atoms with van der Waals surface area (Å²) >= 11 is 0. The molecule has 0 spiro atoms. The highest BCUT2D eigenvalue weighted by molar-refractivity contribution is 5.12. The fourth-order valence-corrected chi connectivity index (χ4v) is 1.51. The molecule has 2 heterocycles. The van der Waals surface area contributed by atoms with E-state index in [1.165, 1.54) is 0 Å². The summed E-state index contributed by atoms with van der Waals surface area (Å²) < 4.78 is 10.8. The Hall–Kier alpha value is -1.52. The summed E-state index contributed by atoms with van der Waals surface area (Å²) in [6.45, 7) is 1.91. The van der Waals surface area contributed by atoms with Crippen LogP contribution < -0.4 is 11.3 Å². The van der Waals surface area contributed by atoms with Crippen LogP contribution in [0.4, 0.5) is 0 Å². The molecule has 0 fully saturated rings. The molecule has 0 aromatic carbocycles. The first-order chi connectivity index (χ1) is 7.29. The summed E-state index contributed by atoms with van der Waals surface area (Å²) in [5.74, 6) is 8.07. The van der Waals surface area contributed by atoms with Gasteiger partial charge in [-0.25, -0.2) is 5.43 Å². The lowest BCUT2D eigenvalue weighted by molar-refractivity contribution is 0.380. The zero-order valence-corrected chi connectivity index (χ0v) is 8.57. The third-order valence-corrected chi connectivity index (χ3v) is 2.29. The van der Waals surface area contributed by atoms with Gasteiger partial charge in [-0.3, -0.25) is 5.84 Å². The van der Waals surface area contributed by atoms with Crippen LogP contribution in [0.3, 0.4) is 0 Å². The van der Waals surface area contributed by atoms with Gasteiger partial charge in [-0.05, 0) is 31.2 Å². The van der Waals surface area contributed by atoms with Crippen LogP contribution in [0.2, 0.25) is 0 Å². The lowest BCUT2D eigenvalue weighted by Crippen LogP contribution is -2.29. The van der Waals surface area contributed by atoms with Crippen molar-refractivity contribution in [1.82, 2.24) is 5.43 Å². The fourth-order valence-electron chi connectivity index (χ4n) is 1.51. The van der Waals surface area contributed by atoms with Gasteiger partial charge < -0.3 is 8.83 Å². The summed E-state index contributed by atoms with van der Waals surface area (Å²) in [6, 6.07) is 7.56. The van der Waals surface area contributed by atoms with E-state index in [-0.39, 0.29) is 6.04 Å². The first-order valence-electron chi connectivity index (χ1n) is 4.84. The molecule has 3 N–H and O–H groups in total.